The minimum atomic E-state index is -0.0979. The molecule has 0 aliphatic rings. The molecule has 0 aromatic carbocycles. The van der Waals surface area contributed by atoms with E-state index >= 15 is 0 Å². The highest BCUT2D eigenvalue weighted by Gasteiger charge is 2.14. The van der Waals surface area contributed by atoms with Crippen LogP contribution in [0.2, 0.25) is 0 Å². The molecule has 0 saturated carbocycles. The van der Waals surface area contributed by atoms with Gasteiger partial charge in [-0.05, 0) is 44.7 Å². The lowest BCUT2D eigenvalue weighted by Crippen LogP contribution is -2.31. The monoisotopic (exact) mass is 346 g/mol. The lowest BCUT2D eigenvalue weighted by Gasteiger charge is -2.18. The molecule has 0 fully saturated rings. The molecule has 0 atom stereocenters. The number of carbonyl (C=O) groups excluding carboxylic acids is 1. The summed E-state index contributed by atoms with van der Waals surface area (Å²) in [5.41, 5.74) is 1.58. The summed E-state index contributed by atoms with van der Waals surface area (Å²) >= 11 is 1.62. The highest BCUT2D eigenvalue weighted by atomic mass is 32.1. The van der Waals surface area contributed by atoms with Crippen molar-refractivity contribution in [1.29, 1.82) is 0 Å². The Morgan fingerprint density at radius 3 is 2.75 bits per heavy atom. The van der Waals surface area contributed by atoms with Gasteiger partial charge in [0.25, 0.3) is 5.56 Å². The number of thiophene rings is 1. The van der Waals surface area contributed by atoms with Crippen molar-refractivity contribution in [2.45, 2.75) is 40.2 Å². The van der Waals surface area contributed by atoms with E-state index in [0.717, 1.165) is 29.1 Å². The maximum absolute atomic E-state index is 12.7. The van der Waals surface area contributed by atoms with Gasteiger partial charge in [0.1, 0.15) is 11.3 Å². The first-order chi connectivity index (χ1) is 11.6. The van der Waals surface area contributed by atoms with Gasteiger partial charge in [-0.3, -0.25) is 14.0 Å². The van der Waals surface area contributed by atoms with Gasteiger partial charge in [-0.2, -0.15) is 5.10 Å². The topological polar surface area (TPSA) is 59.6 Å². The van der Waals surface area contributed by atoms with Gasteiger partial charge in [0.05, 0.1) is 10.2 Å². The van der Waals surface area contributed by atoms with E-state index in [2.05, 4.69) is 5.10 Å². The van der Waals surface area contributed by atoms with E-state index in [1.165, 1.54) is 4.68 Å². The summed E-state index contributed by atoms with van der Waals surface area (Å²) in [7, 11) is 0. The number of fused-ring (bicyclic) bond motifs is 3. The highest BCUT2D eigenvalue weighted by Crippen LogP contribution is 2.24. The van der Waals surface area contributed by atoms with Crippen molar-refractivity contribution in [3.8, 4) is 0 Å². The Hall–Kier alpha value is -2.15. The van der Waals surface area contributed by atoms with E-state index in [1.807, 2.05) is 47.6 Å². The summed E-state index contributed by atoms with van der Waals surface area (Å²) in [6, 6.07) is 3.93. The van der Waals surface area contributed by atoms with Crippen molar-refractivity contribution in [3.05, 3.63) is 33.7 Å². The fraction of sp³-hybridized carbons (Fsp3) is 0.471. The molecule has 6 nitrogen and oxygen atoms in total. The van der Waals surface area contributed by atoms with Crippen LogP contribution in [0, 0.1) is 6.92 Å². The van der Waals surface area contributed by atoms with Crippen molar-refractivity contribution >= 4 is 33.0 Å². The highest BCUT2D eigenvalue weighted by molar-refractivity contribution is 7.17. The molecule has 3 rings (SSSR count). The van der Waals surface area contributed by atoms with Gasteiger partial charge < -0.3 is 4.90 Å². The number of aromatic nitrogens is 3. The molecule has 0 radical (unpaired) electrons. The molecule has 128 valence electrons. The number of nitrogens with zero attached hydrogens (tertiary/aromatic N) is 4. The lowest BCUT2D eigenvalue weighted by atomic mass is 10.2. The molecule has 0 spiro atoms. The number of hydrogen-bond acceptors (Lipinski definition) is 4. The fourth-order valence-electron chi connectivity index (χ4n) is 3.09. The molecule has 1 amide bonds. The van der Waals surface area contributed by atoms with E-state index < -0.39 is 0 Å². The van der Waals surface area contributed by atoms with Crippen LogP contribution < -0.4 is 5.56 Å². The number of hydrogen-bond donors (Lipinski definition) is 0. The molecular formula is C17H22N4O2S. The van der Waals surface area contributed by atoms with Gasteiger partial charge in [-0.1, -0.05) is 0 Å². The van der Waals surface area contributed by atoms with Crippen LogP contribution in [0.1, 0.15) is 32.5 Å². The Kier molecular flexibility index (Phi) is 4.71. The minimum absolute atomic E-state index is 0.0979. The first kappa shape index (κ1) is 16.7. The molecule has 24 heavy (non-hydrogen) atoms. The minimum Gasteiger partial charge on any atom is -0.343 e. The van der Waals surface area contributed by atoms with E-state index in [1.54, 1.807) is 11.3 Å². The number of rotatable bonds is 6. The van der Waals surface area contributed by atoms with E-state index in [9.17, 15) is 9.59 Å². The Labute approximate surface area is 144 Å². The van der Waals surface area contributed by atoms with Crippen molar-refractivity contribution in [2.24, 2.45) is 0 Å². The third kappa shape index (κ3) is 2.84. The van der Waals surface area contributed by atoms with Crippen LogP contribution in [-0.4, -0.2) is 38.1 Å². The third-order valence-electron chi connectivity index (χ3n) is 4.34. The zero-order chi connectivity index (χ0) is 17.3. The molecule has 0 unspecified atom stereocenters. The van der Waals surface area contributed by atoms with Crippen LogP contribution in [0.5, 0.6) is 0 Å². The number of amides is 1. The second-order valence-corrected chi connectivity index (χ2v) is 6.73. The molecule has 3 heterocycles. The molecule has 3 aromatic rings. The molecule has 0 aliphatic heterocycles. The van der Waals surface area contributed by atoms with Crippen LogP contribution in [-0.2, 0) is 11.3 Å². The fourth-order valence-corrected chi connectivity index (χ4v) is 3.90. The van der Waals surface area contributed by atoms with Crippen molar-refractivity contribution < 1.29 is 4.79 Å². The largest absolute Gasteiger partial charge is 0.343 e. The predicted molar refractivity (Wildman–Crippen MR) is 96.7 cm³/mol. The zero-order valence-electron chi connectivity index (χ0n) is 14.3. The third-order valence-corrected chi connectivity index (χ3v) is 5.20. The average Bonchev–Trinajstić information content (AvgIpc) is 3.14. The zero-order valence-corrected chi connectivity index (χ0v) is 15.1. The van der Waals surface area contributed by atoms with Crippen molar-refractivity contribution in [2.75, 3.05) is 13.1 Å². The molecule has 0 bridgehead atoms. The van der Waals surface area contributed by atoms with Crippen LogP contribution in [0.15, 0.2) is 22.3 Å². The normalized spacial score (nSPS) is 11.5. The summed E-state index contributed by atoms with van der Waals surface area (Å²) in [5.74, 6) is 0.919. The summed E-state index contributed by atoms with van der Waals surface area (Å²) in [5, 5.41) is 6.45. The molecule has 0 aliphatic carbocycles. The SMILES string of the molecule is CCN(CC)C(=O)CCCn1nc(C)n2c(cc3sccc32)c1=O. The van der Waals surface area contributed by atoms with E-state index in [-0.39, 0.29) is 11.5 Å². The molecule has 7 heteroatoms. The maximum Gasteiger partial charge on any atom is 0.291 e. The van der Waals surface area contributed by atoms with Gasteiger partial charge in [0.2, 0.25) is 5.91 Å². The summed E-state index contributed by atoms with van der Waals surface area (Å²) < 4.78 is 4.49. The Morgan fingerprint density at radius 2 is 2.04 bits per heavy atom. The Morgan fingerprint density at radius 1 is 1.29 bits per heavy atom. The molecule has 0 saturated heterocycles. The average molecular weight is 346 g/mol. The van der Waals surface area contributed by atoms with Crippen molar-refractivity contribution in [3.63, 3.8) is 0 Å². The maximum atomic E-state index is 12.7. The van der Waals surface area contributed by atoms with Crippen molar-refractivity contribution in [1.82, 2.24) is 19.1 Å². The lowest BCUT2D eigenvalue weighted by molar-refractivity contribution is -0.130. The van der Waals surface area contributed by atoms with Gasteiger partial charge in [-0.15, -0.1) is 11.3 Å². The van der Waals surface area contributed by atoms with Crippen LogP contribution in [0.3, 0.4) is 0 Å². The quantitative estimate of drug-likeness (QED) is 0.689. The van der Waals surface area contributed by atoms with E-state index in [0.29, 0.717) is 24.9 Å². The smallest absolute Gasteiger partial charge is 0.291 e. The summed E-state index contributed by atoms with van der Waals surface area (Å²) in [6.07, 6.45) is 1.06. The first-order valence-electron chi connectivity index (χ1n) is 8.31. The second kappa shape index (κ2) is 6.76. The van der Waals surface area contributed by atoms with Gasteiger partial charge in [-0.25, -0.2) is 4.68 Å². The first-order valence-corrected chi connectivity index (χ1v) is 9.19. The van der Waals surface area contributed by atoms with Crippen LogP contribution in [0.25, 0.3) is 15.7 Å². The molecule has 0 N–H and O–H groups in total. The number of aryl methyl sites for hydroxylation is 2. The summed E-state index contributed by atoms with van der Waals surface area (Å²) in [4.78, 5) is 26.5. The van der Waals surface area contributed by atoms with Gasteiger partial charge in [0.15, 0.2) is 0 Å². The van der Waals surface area contributed by atoms with Gasteiger partial charge >= 0.3 is 0 Å². The second-order valence-electron chi connectivity index (χ2n) is 5.78. The molecular weight excluding hydrogens is 324 g/mol. The Balaban J connectivity index is 1.82. The predicted octanol–water partition coefficient (Wildman–Crippen LogP) is 2.67. The van der Waals surface area contributed by atoms with Crippen LogP contribution >= 0.6 is 11.3 Å². The standard InChI is InChI=1S/C17H22N4O2S/c1-4-19(5-2)16(22)7-6-9-20-17(23)14-11-15-13(8-10-24-15)21(14)12(3)18-20/h8,10-11H,4-7,9H2,1-3H3. The molecule has 3 aromatic heterocycles. The Bertz CT molecular complexity index is 933. The van der Waals surface area contributed by atoms with E-state index in [4.69, 9.17) is 0 Å². The number of carbonyl (C=O) groups is 1. The van der Waals surface area contributed by atoms with Crippen LogP contribution in [0.4, 0.5) is 0 Å². The van der Waals surface area contributed by atoms with Gasteiger partial charge in [0, 0.05) is 26.1 Å². The summed E-state index contributed by atoms with van der Waals surface area (Å²) in [6.45, 7) is 7.76.